The summed E-state index contributed by atoms with van der Waals surface area (Å²) < 4.78 is 19.8. The molecule has 0 spiro atoms. The molecule has 130 valence electrons. The van der Waals surface area contributed by atoms with Crippen LogP contribution >= 0.6 is 11.7 Å². The molecule has 9 heteroatoms. The molecule has 0 unspecified atom stereocenters. The van der Waals surface area contributed by atoms with Gasteiger partial charge in [-0.1, -0.05) is 5.16 Å². The molecule has 0 amide bonds. The first kappa shape index (κ1) is 17.9. The Morgan fingerprint density at radius 2 is 2.09 bits per heavy atom. The van der Waals surface area contributed by atoms with Crippen LogP contribution in [-0.4, -0.2) is 66.6 Å². The van der Waals surface area contributed by atoms with E-state index in [1.54, 1.807) is 0 Å². The average molecular weight is 343 g/mol. The van der Waals surface area contributed by atoms with E-state index in [0.29, 0.717) is 32.2 Å². The van der Waals surface area contributed by atoms with Crippen LogP contribution < -0.4 is 15.0 Å². The van der Waals surface area contributed by atoms with Crippen molar-refractivity contribution in [2.24, 2.45) is 5.16 Å². The summed E-state index contributed by atoms with van der Waals surface area (Å²) in [5.74, 6) is 1.32. The van der Waals surface area contributed by atoms with Crippen molar-refractivity contribution in [3.63, 3.8) is 0 Å². The van der Waals surface area contributed by atoms with Crippen LogP contribution in [0, 0.1) is 0 Å². The lowest BCUT2D eigenvalue weighted by Crippen LogP contribution is -2.41. The maximum atomic E-state index is 5.81. The minimum atomic E-state index is -0.00431. The van der Waals surface area contributed by atoms with Gasteiger partial charge in [0.1, 0.15) is 19.4 Å². The fourth-order valence-corrected chi connectivity index (χ4v) is 2.51. The number of oxime groups is 1. The number of hydrogen-bond acceptors (Lipinski definition) is 9. The smallest absolute Gasteiger partial charge is 0.271 e. The molecule has 1 saturated heterocycles. The van der Waals surface area contributed by atoms with Gasteiger partial charge in [-0.05, 0) is 20.8 Å². The fourth-order valence-electron chi connectivity index (χ4n) is 1.99. The predicted molar refractivity (Wildman–Crippen MR) is 90.6 cm³/mol. The highest BCUT2D eigenvalue weighted by Crippen LogP contribution is 2.26. The maximum absolute atomic E-state index is 5.81. The number of nitrogens with one attached hydrogen (secondary N) is 1. The van der Waals surface area contributed by atoms with Crippen LogP contribution in [-0.2, 0) is 9.57 Å². The molecule has 1 aliphatic rings. The topological polar surface area (TPSA) is 81.1 Å². The van der Waals surface area contributed by atoms with Gasteiger partial charge in [0.15, 0.2) is 0 Å². The number of anilines is 1. The molecule has 1 aromatic rings. The minimum absolute atomic E-state index is 0.00431. The second-order valence-corrected chi connectivity index (χ2v) is 6.75. The predicted octanol–water partition coefficient (Wildman–Crippen LogP) is 1.14. The van der Waals surface area contributed by atoms with E-state index in [-0.39, 0.29) is 5.54 Å². The Labute approximate surface area is 141 Å². The van der Waals surface area contributed by atoms with Gasteiger partial charge in [-0.3, -0.25) is 0 Å². The normalized spacial score (nSPS) is 16.5. The third-order valence-corrected chi connectivity index (χ3v) is 3.67. The van der Waals surface area contributed by atoms with Gasteiger partial charge in [-0.15, -0.1) is 4.37 Å². The molecule has 0 radical (unpaired) electrons. The first-order chi connectivity index (χ1) is 11.0. The van der Waals surface area contributed by atoms with Crippen LogP contribution in [0.25, 0.3) is 0 Å². The van der Waals surface area contributed by atoms with Crippen molar-refractivity contribution in [3.8, 4) is 5.88 Å². The number of ether oxygens (including phenoxy) is 2. The van der Waals surface area contributed by atoms with Crippen molar-refractivity contribution in [1.82, 2.24) is 14.1 Å². The Kier molecular flexibility index (Phi) is 6.55. The van der Waals surface area contributed by atoms with E-state index in [1.165, 1.54) is 7.11 Å². The third-order valence-electron chi connectivity index (χ3n) is 3.17. The average Bonchev–Trinajstić information content (AvgIpc) is 2.98. The van der Waals surface area contributed by atoms with Crippen LogP contribution in [0.3, 0.4) is 0 Å². The van der Waals surface area contributed by atoms with E-state index >= 15 is 0 Å². The summed E-state index contributed by atoms with van der Waals surface area (Å²) in [5.41, 5.74) is 0.763. The standard InChI is InChI=1S/C14H25N5O3S/c1-14(2,3)15-9-11(16-20-4)10-22-13-12(17-23-18-13)19-5-7-21-8-6-19/h15H,5-10H2,1-4H3/b16-11-. The van der Waals surface area contributed by atoms with Gasteiger partial charge in [-0.2, -0.15) is 4.37 Å². The summed E-state index contributed by atoms with van der Waals surface area (Å²) in [6.07, 6.45) is 0. The molecule has 0 aromatic carbocycles. The molecular formula is C14H25N5O3S. The summed E-state index contributed by atoms with van der Waals surface area (Å²) in [6, 6.07) is 0. The molecule has 2 rings (SSSR count). The highest BCUT2D eigenvalue weighted by Gasteiger charge is 2.20. The van der Waals surface area contributed by atoms with Gasteiger partial charge in [0, 0.05) is 25.2 Å². The molecule has 1 fully saturated rings. The van der Waals surface area contributed by atoms with Crippen LogP contribution in [0.1, 0.15) is 20.8 Å². The van der Waals surface area contributed by atoms with Crippen molar-refractivity contribution < 1.29 is 14.3 Å². The summed E-state index contributed by atoms with van der Waals surface area (Å²) >= 11 is 1.15. The molecule has 1 N–H and O–H groups in total. The minimum Gasteiger partial charge on any atom is -0.468 e. The Balaban J connectivity index is 1.93. The summed E-state index contributed by atoms with van der Waals surface area (Å²) in [6.45, 7) is 10.2. The van der Waals surface area contributed by atoms with Gasteiger partial charge in [0.2, 0.25) is 5.82 Å². The van der Waals surface area contributed by atoms with Crippen LogP contribution in [0.15, 0.2) is 5.16 Å². The van der Waals surface area contributed by atoms with Gasteiger partial charge >= 0.3 is 0 Å². The molecule has 1 aromatic heterocycles. The number of nitrogens with zero attached hydrogens (tertiary/aromatic N) is 4. The van der Waals surface area contributed by atoms with Gasteiger partial charge in [-0.25, -0.2) is 0 Å². The number of morpholine rings is 1. The third kappa shape index (κ3) is 5.92. The lowest BCUT2D eigenvalue weighted by molar-refractivity contribution is 0.122. The van der Waals surface area contributed by atoms with Crippen molar-refractivity contribution >= 4 is 23.3 Å². The van der Waals surface area contributed by atoms with E-state index in [9.17, 15) is 0 Å². The first-order valence-electron chi connectivity index (χ1n) is 7.61. The second kappa shape index (κ2) is 8.42. The second-order valence-electron chi connectivity index (χ2n) is 6.22. The molecule has 0 aliphatic carbocycles. The molecule has 0 atom stereocenters. The van der Waals surface area contributed by atoms with Gasteiger partial charge < -0.3 is 24.5 Å². The van der Waals surface area contributed by atoms with Crippen molar-refractivity contribution in [1.29, 1.82) is 0 Å². The van der Waals surface area contributed by atoms with E-state index in [4.69, 9.17) is 14.3 Å². The lowest BCUT2D eigenvalue weighted by Gasteiger charge is -2.26. The lowest BCUT2D eigenvalue weighted by atomic mass is 10.1. The zero-order valence-corrected chi connectivity index (χ0v) is 15.0. The maximum Gasteiger partial charge on any atom is 0.271 e. The van der Waals surface area contributed by atoms with Crippen molar-refractivity contribution in [2.45, 2.75) is 26.3 Å². The molecule has 23 heavy (non-hydrogen) atoms. The molecule has 0 bridgehead atoms. The van der Waals surface area contributed by atoms with E-state index < -0.39 is 0 Å². The van der Waals surface area contributed by atoms with Crippen LogP contribution in [0.2, 0.25) is 0 Å². The molecule has 1 aliphatic heterocycles. The van der Waals surface area contributed by atoms with E-state index in [1.807, 2.05) is 0 Å². The molecule has 2 heterocycles. The quantitative estimate of drug-likeness (QED) is 0.587. The Bertz CT molecular complexity index is 509. The highest BCUT2D eigenvalue weighted by atomic mass is 32.1. The number of hydrogen-bond donors (Lipinski definition) is 1. The van der Waals surface area contributed by atoms with E-state index in [0.717, 1.165) is 36.3 Å². The SMILES string of the molecule is CO/N=C(/CNC(C)(C)C)COc1nsnc1N1CCOCC1. The number of rotatable bonds is 7. The Morgan fingerprint density at radius 1 is 1.35 bits per heavy atom. The van der Waals surface area contributed by atoms with Crippen LogP contribution in [0.4, 0.5) is 5.82 Å². The van der Waals surface area contributed by atoms with Crippen molar-refractivity contribution in [3.05, 3.63) is 0 Å². The Hall–Kier alpha value is -1.45. The molecule has 0 saturated carbocycles. The van der Waals surface area contributed by atoms with E-state index in [2.05, 4.69) is 44.9 Å². The monoisotopic (exact) mass is 343 g/mol. The zero-order chi connectivity index (χ0) is 16.7. The van der Waals surface area contributed by atoms with Gasteiger partial charge in [0.25, 0.3) is 5.88 Å². The summed E-state index contributed by atoms with van der Waals surface area (Å²) in [5, 5.41) is 7.38. The van der Waals surface area contributed by atoms with Gasteiger partial charge in [0.05, 0.1) is 24.9 Å². The fraction of sp³-hybridized carbons (Fsp3) is 0.786. The summed E-state index contributed by atoms with van der Waals surface area (Å²) in [4.78, 5) is 7.02. The molecule has 8 nitrogen and oxygen atoms in total. The van der Waals surface area contributed by atoms with Crippen LogP contribution in [0.5, 0.6) is 5.88 Å². The summed E-state index contributed by atoms with van der Waals surface area (Å²) in [7, 11) is 1.53. The largest absolute Gasteiger partial charge is 0.468 e. The highest BCUT2D eigenvalue weighted by molar-refractivity contribution is 6.99. The molecular weight excluding hydrogens is 318 g/mol. The first-order valence-corrected chi connectivity index (χ1v) is 8.34. The van der Waals surface area contributed by atoms with Crippen molar-refractivity contribution in [2.75, 3.05) is 51.5 Å². The Morgan fingerprint density at radius 3 is 2.74 bits per heavy atom. The number of aromatic nitrogens is 2. The zero-order valence-electron chi connectivity index (χ0n) is 14.2.